The molecule has 1 unspecified atom stereocenters. The number of hydrogen-bond donors (Lipinski definition) is 0. The van der Waals surface area contributed by atoms with E-state index in [0.717, 1.165) is 17.1 Å². The van der Waals surface area contributed by atoms with Gasteiger partial charge in [-0.2, -0.15) is 5.26 Å². The Bertz CT molecular complexity index is 428. The topological polar surface area (TPSA) is 27.0 Å². The Morgan fingerprint density at radius 3 is 3.19 bits per heavy atom. The summed E-state index contributed by atoms with van der Waals surface area (Å²) in [7, 11) is 1.91. The molecule has 0 fully saturated rings. The molecule has 0 N–H and O–H groups in total. The number of hydrogen-bond acceptors (Lipinski definition) is 3. The first kappa shape index (κ1) is 11.3. The highest BCUT2D eigenvalue weighted by molar-refractivity contribution is 7.99. The molecule has 1 heterocycles. The second-order valence-electron chi connectivity index (χ2n) is 3.86. The van der Waals surface area contributed by atoms with E-state index in [9.17, 15) is 4.39 Å². The third kappa shape index (κ3) is 2.00. The molecule has 0 aromatic heterocycles. The smallest absolute Gasteiger partial charge is 0.147 e. The largest absolute Gasteiger partial charge is 0.367 e. The highest BCUT2D eigenvalue weighted by Crippen LogP contribution is 2.39. The fourth-order valence-electron chi connectivity index (χ4n) is 1.94. The van der Waals surface area contributed by atoms with Crippen molar-refractivity contribution in [2.45, 2.75) is 23.8 Å². The van der Waals surface area contributed by atoms with E-state index >= 15 is 0 Å². The zero-order valence-electron chi connectivity index (χ0n) is 9.11. The van der Waals surface area contributed by atoms with Crippen molar-refractivity contribution in [1.82, 2.24) is 0 Å². The second-order valence-corrected chi connectivity index (χ2v) is 4.92. The number of halogens is 1. The van der Waals surface area contributed by atoms with Gasteiger partial charge in [0.1, 0.15) is 5.82 Å². The van der Waals surface area contributed by atoms with E-state index in [1.54, 1.807) is 17.8 Å². The van der Waals surface area contributed by atoms with Gasteiger partial charge in [0.05, 0.1) is 11.8 Å². The van der Waals surface area contributed by atoms with Gasteiger partial charge in [0.2, 0.25) is 0 Å². The number of rotatable bonds is 2. The maximum atomic E-state index is 13.7. The van der Waals surface area contributed by atoms with Crippen molar-refractivity contribution in [3.8, 4) is 6.07 Å². The van der Waals surface area contributed by atoms with Crippen LogP contribution in [0.3, 0.4) is 0 Å². The van der Waals surface area contributed by atoms with E-state index in [1.165, 1.54) is 6.07 Å². The molecule has 84 valence electrons. The van der Waals surface area contributed by atoms with Crippen LogP contribution in [0.15, 0.2) is 23.1 Å². The molecule has 0 spiro atoms. The molecule has 2 nitrogen and oxygen atoms in total. The van der Waals surface area contributed by atoms with Gasteiger partial charge in [-0.25, -0.2) is 4.39 Å². The number of fused-ring (bicyclic) bond motifs is 1. The minimum Gasteiger partial charge on any atom is -0.367 e. The van der Waals surface area contributed by atoms with E-state index < -0.39 is 0 Å². The summed E-state index contributed by atoms with van der Waals surface area (Å²) in [6.45, 7) is 0. The van der Waals surface area contributed by atoms with Gasteiger partial charge < -0.3 is 4.90 Å². The highest BCUT2D eigenvalue weighted by atomic mass is 32.2. The Morgan fingerprint density at radius 2 is 2.44 bits per heavy atom. The highest BCUT2D eigenvalue weighted by Gasteiger charge is 2.25. The summed E-state index contributed by atoms with van der Waals surface area (Å²) in [6, 6.07) is 7.58. The SMILES string of the molecule is CN1c2c(F)cccc2SCC1CCC#N. The van der Waals surface area contributed by atoms with Gasteiger partial charge in [0, 0.05) is 30.2 Å². The lowest BCUT2D eigenvalue weighted by Crippen LogP contribution is -2.37. The fraction of sp³-hybridized carbons (Fsp3) is 0.417. The van der Waals surface area contributed by atoms with Crippen LogP contribution in [0.1, 0.15) is 12.8 Å². The predicted octanol–water partition coefficient (Wildman–Crippen LogP) is 3.04. The van der Waals surface area contributed by atoms with Gasteiger partial charge in [-0.05, 0) is 18.6 Å². The van der Waals surface area contributed by atoms with Crippen LogP contribution < -0.4 is 4.90 Å². The monoisotopic (exact) mass is 236 g/mol. The third-order valence-electron chi connectivity index (χ3n) is 2.87. The summed E-state index contributed by atoms with van der Waals surface area (Å²) in [6.07, 6.45) is 1.33. The van der Waals surface area contributed by atoms with Crippen molar-refractivity contribution in [2.24, 2.45) is 0 Å². The van der Waals surface area contributed by atoms with E-state index in [4.69, 9.17) is 5.26 Å². The van der Waals surface area contributed by atoms with Crippen LogP contribution >= 0.6 is 11.8 Å². The number of benzene rings is 1. The molecule has 0 aliphatic carbocycles. The molecular formula is C12H13FN2S. The quantitative estimate of drug-likeness (QED) is 0.789. The lowest BCUT2D eigenvalue weighted by molar-refractivity contribution is 0.584. The van der Waals surface area contributed by atoms with Gasteiger partial charge in [-0.15, -0.1) is 11.8 Å². The standard InChI is InChI=1S/C12H13FN2S/c1-15-9(4-3-7-14)8-16-11-6-2-5-10(13)12(11)15/h2,5-6,9H,3-4,8H2,1H3. The average molecular weight is 236 g/mol. The van der Waals surface area contributed by atoms with Crippen LogP contribution in [0, 0.1) is 17.1 Å². The first-order chi connectivity index (χ1) is 7.74. The first-order valence-corrected chi connectivity index (χ1v) is 6.23. The summed E-state index contributed by atoms with van der Waals surface area (Å²) in [5.74, 6) is 0.753. The normalized spacial score (nSPS) is 19.1. The molecule has 1 aliphatic heterocycles. The maximum Gasteiger partial charge on any atom is 0.147 e. The van der Waals surface area contributed by atoms with E-state index in [-0.39, 0.29) is 11.9 Å². The number of nitrogens with zero attached hydrogens (tertiary/aromatic N) is 2. The Hall–Kier alpha value is -1.21. The molecule has 0 amide bonds. The van der Waals surface area contributed by atoms with Crippen molar-refractivity contribution in [3.63, 3.8) is 0 Å². The van der Waals surface area contributed by atoms with E-state index in [1.807, 2.05) is 18.0 Å². The number of para-hydroxylation sites is 1. The van der Waals surface area contributed by atoms with Gasteiger partial charge in [-0.1, -0.05) is 6.07 Å². The van der Waals surface area contributed by atoms with Crippen molar-refractivity contribution >= 4 is 17.4 Å². The number of nitriles is 1. The van der Waals surface area contributed by atoms with E-state index in [2.05, 4.69) is 6.07 Å². The maximum absolute atomic E-state index is 13.7. The Balaban J connectivity index is 2.24. The first-order valence-electron chi connectivity index (χ1n) is 5.25. The molecule has 0 radical (unpaired) electrons. The molecule has 16 heavy (non-hydrogen) atoms. The molecule has 4 heteroatoms. The van der Waals surface area contributed by atoms with Crippen LogP contribution in [0.2, 0.25) is 0 Å². The fourth-order valence-corrected chi connectivity index (χ4v) is 3.26. The summed E-state index contributed by atoms with van der Waals surface area (Å²) in [5.41, 5.74) is 0.682. The van der Waals surface area contributed by atoms with Crippen molar-refractivity contribution in [3.05, 3.63) is 24.0 Å². The molecule has 1 atom stereocenters. The molecule has 0 bridgehead atoms. The molecule has 1 aromatic rings. The summed E-state index contributed by atoms with van der Waals surface area (Å²) in [4.78, 5) is 2.97. The second kappa shape index (κ2) is 4.75. The molecule has 1 aromatic carbocycles. The Kier molecular flexibility index (Phi) is 3.35. The van der Waals surface area contributed by atoms with Crippen molar-refractivity contribution in [2.75, 3.05) is 17.7 Å². The van der Waals surface area contributed by atoms with Crippen LogP contribution in [-0.2, 0) is 0 Å². The lowest BCUT2D eigenvalue weighted by atomic mass is 10.1. The zero-order chi connectivity index (χ0) is 11.5. The third-order valence-corrected chi connectivity index (χ3v) is 4.06. The lowest BCUT2D eigenvalue weighted by Gasteiger charge is -2.35. The number of thioether (sulfide) groups is 1. The van der Waals surface area contributed by atoms with Gasteiger partial charge >= 0.3 is 0 Å². The number of anilines is 1. The summed E-state index contributed by atoms with van der Waals surface area (Å²) >= 11 is 1.67. The summed E-state index contributed by atoms with van der Waals surface area (Å²) in [5, 5.41) is 8.58. The zero-order valence-corrected chi connectivity index (χ0v) is 9.93. The summed E-state index contributed by atoms with van der Waals surface area (Å²) < 4.78 is 13.7. The molecule has 0 saturated heterocycles. The van der Waals surface area contributed by atoms with E-state index in [0.29, 0.717) is 12.1 Å². The van der Waals surface area contributed by atoms with Gasteiger partial charge in [0.25, 0.3) is 0 Å². The van der Waals surface area contributed by atoms with Crippen LogP contribution in [0.25, 0.3) is 0 Å². The van der Waals surface area contributed by atoms with Crippen molar-refractivity contribution in [1.29, 1.82) is 5.26 Å². The van der Waals surface area contributed by atoms with Gasteiger partial charge in [-0.3, -0.25) is 0 Å². The molecular weight excluding hydrogens is 223 g/mol. The van der Waals surface area contributed by atoms with Crippen LogP contribution in [0.4, 0.5) is 10.1 Å². The minimum absolute atomic E-state index is 0.172. The Morgan fingerprint density at radius 1 is 1.62 bits per heavy atom. The minimum atomic E-state index is -0.172. The average Bonchev–Trinajstić information content (AvgIpc) is 2.28. The molecule has 2 rings (SSSR count). The Labute approximate surface area is 99.1 Å². The molecule has 1 aliphatic rings. The van der Waals surface area contributed by atoms with Crippen LogP contribution in [0.5, 0.6) is 0 Å². The van der Waals surface area contributed by atoms with Crippen molar-refractivity contribution < 1.29 is 4.39 Å². The molecule has 0 saturated carbocycles. The van der Waals surface area contributed by atoms with Gasteiger partial charge in [0.15, 0.2) is 0 Å². The van der Waals surface area contributed by atoms with Crippen LogP contribution in [-0.4, -0.2) is 18.8 Å². The predicted molar refractivity (Wildman–Crippen MR) is 64.2 cm³/mol.